The van der Waals surface area contributed by atoms with Gasteiger partial charge in [0.2, 0.25) is 0 Å². The molecule has 0 heterocycles. The molecule has 0 saturated heterocycles. The van der Waals surface area contributed by atoms with Crippen LogP contribution in [0, 0.1) is 5.92 Å². The Morgan fingerprint density at radius 3 is 1.35 bits per heavy atom. The van der Waals surface area contributed by atoms with Gasteiger partial charge in [-0.15, -0.1) is 0 Å². The molecule has 0 aliphatic rings. The zero-order valence-corrected chi connectivity index (χ0v) is 21.9. The molecule has 0 rings (SSSR count). The number of carbonyl (C=O) groups excluding carboxylic acids is 1. The van der Waals surface area contributed by atoms with Crippen LogP contribution in [-0.2, 0) is 9.53 Å². The van der Waals surface area contributed by atoms with Gasteiger partial charge in [-0.25, -0.2) is 0 Å². The summed E-state index contributed by atoms with van der Waals surface area (Å²) in [6.45, 7) is 7.44. The zero-order chi connectivity index (χ0) is 22.8. The first-order valence-electron chi connectivity index (χ1n) is 14.4. The maximum atomic E-state index is 12.1. The van der Waals surface area contributed by atoms with Gasteiger partial charge < -0.3 is 4.74 Å². The molecule has 0 spiro atoms. The summed E-state index contributed by atoms with van der Waals surface area (Å²) in [4.78, 5) is 12.1. The zero-order valence-electron chi connectivity index (χ0n) is 21.9. The van der Waals surface area contributed by atoms with E-state index in [0.717, 1.165) is 6.42 Å². The molecular formula is C29H58O2. The third kappa shape index (κ3) is 24.0. The fourth-order valence-electron chi connectivity index (χ4n) is 4.42. The van der Waals surface area contributed by atoms with Crippen molar-refractivity contribution >= 4 is 5.97 Å². The molecule has 0 aromatic carbocycles. The summed E-state index contributed by atoms with van der Waals surface area (Å²) in [7, 11) is 0. The molecule has 186 valence electrons. The Morgan fingerprint density at radius 2 is 0.871 bits per heavy atom. The van der Waals surface area contributed by atoms with Crippen molar-refractivity contribution in [3.05, 3.63) is 0 Å². The van der Waals surface area contributed by atoms with E-state index >= 15 is 0 Å². The number of esters is 1. The van der Waals surface area contributed by atoms with Crippen LogP contribution in [0.1, 0.15) is 168 Å². The highest BCUT2D eigenvalue weighted by Crippen LogP contribution is 2.20. The first-order valence-corrected chi connectivity index (χ1v) is 14.4. The second kappa shape index (κ2) is 25.7. The van der Waals surface area contributed by atoms with Crippen LogP contribution in [0.2, 0.25) is 0 Å². The van der Waals surface area contributed by atoms with Gasteiger partial charge in [-0.05, 0) is 25.2 Å². The number of unbranched alkanes of at least 4 members (excludes halogenated alkanes) is 17. The Morgan fingerprint density at radius 1 is 0.516 bits per heavy atom. The summed E-state index contributed by atoms with van der Waals surface area (Å²) in [5.74, 6) is 0.616. The lowest BCUT2D eigenvalue weighted by Crippen LogP contribution is -2.14. The van der Waals surface area contributed by atoms with E-state index in [2.05, 4.69) is 20.8 Å². The molecule has 0 N–H and O–H groups in total. The largest absolute Gasteiger partial charge is 0.465 e. The molecule has 1 unspecified atom stereocenters. The molecule has 2 heteroatoms. The van der Waals surface area contributed by atoms with Gasteiger partial charge in [-0.3, -0.25) is 4.79 Å². The lowest BCUT2D eigenvalue weighted by Gasteiger charge is -2.17. The molecule has 0 aromatic rings. The number of hydrogen-bond acceptors (Lipinski definition) is 2. The Balaban J connectivity index is 3.74. The Bertz CT molecular complexity index is 353. The molecule has 0 aromatic heterocycles. The Hall–Kier alpha value is -0.530. The van der Waals surface area contributed by atoms with Crippen LogP contribution in [0.4, 0.5) is 0 Å². The first kappa shape index (κ1) is 30.5. The second-order valence-corrected chi connectivity index (χ2v) is 9.89. The third-order valence-corrected chi connectivity index (χ3v) is 6.65. The van der Waals surface area contributed by atoms with Crippen LogP contribution in [0.25, 0.3) is 0 Å². The molecule has 0 saturated carbocycles. The highest BCUT2D eigenvalue weighted by molar-refractivity contribution is 5.69. The number of ether oxygens (including phenoxy) is 1. The average Bonchev–Trinajstić information content (AvgIpc) is 2.77. The molecule has 0 amide bonds. The Labute approximate surface area is 196 Å². The van der Waals surface area contributed by atoms with E-state index in [0.29, 0.717) is 18.9 Å². The highest BCUT2D eigenvalue weighted by atomic mass is 16.5. The average molecular weight is 439 g/mol. The van der Waals surface area contributed by atoms with Crippen LogP contribution in [0.5, 0.6) is 0 Å². The number of rotatable bonds is 25. The molecule has 0 fully saturated rings. The molecule has 1 atom stereocenters. The van der Waals surface area contributed by atoms with Gasteiger partial charge in [0.15, 0.2) is 0 Å². The van der Waals surface area contributed by atoms with Crippen molar-refractivity contribution in [1.82, 2.24) is 0 Å². The molecule has 2 nitrogen and oxygen atoms in total. The predicted octanol–water partition coefficient (Wildman–Crippen LogP) is 10.2. The molecule has 0 radical (unpaired) electrons. The molecular weight excluding hydrogens is 380 g/mol. The maximum absolute atomic E-state index is 12.1. The number of hydrogen-bond donors (Lipinski definition) is 0. The standard InChI is InChI=1S/C29H58O2/c1-4-7-10-12-13-14-15-16-17-18-20-22-25-28(24-21-9-6-3)27-31-29(30)26-23-19-11-8-5-2/h28H,4-27H2,1-3H3. The van der Waals surface area contributed by atoms with E-state index in [9.17, 15) is 4.79 Å². The van der Waals surface area contributed by atoms with Crippen molar-refractivity contribution in [2.24, 2.45) is 5.92 Å². The van der Waals surface area contributed by atoms with E-state index in [1.54, 1.807) is 0 Å². The summed E-state index contributed by atoms with van der Waals surface area (Å²) in [6.07, 6.45) is 29.7. The van der Waals surface area contributed by atoms with Gasteiger partial charge in [0.1, 0.15) is 0 Å². The minimum absolute atomic E-state index is 0.0340. The maximum Gasteiger partial charge on any atom is 0.305 e. The van der Waals surface area contributed by atoms with Crippen LogP contribution in [0.15, 0.2) is 0 Å². The van der Waals surface area contributed by atoms with E-state index in [-0.39, 0.29) is 5.97 Å². The quantitative estimate of drug-likeness (QED) is 0.105. The van der Waals surface area contributed by atoms with Crippen LogP contribution in [0.3, 0.4) is 0 Å². The van der Waals surface area contributed by atoms with Gasteiger partial charge >= 0.3 is 5.97 Å². The van der Waals surface area contributed by atoms with E-state index in [1.807, 2.05) is 0 Å². The van der Waals surface area contributed by atoms with Gasteiger partial charge in [-0.1, -0.05) is 143 Å². The van der Waals surface area contributed by atoms with Crippen LogP contribution < -0.4 is 0 Å². The van der Waals surface area contributed by atoms with Crippen molar-refractivity contribution in [1.29, 1.82) is 0 Å². The van der Waals surface area contributed by atoms with Crippen molar-refractivity contribution in [3.8, 4) is 0 Å². The normalized spacial score (nSPS) is 12.2. The van der Waals surface area contributed by atoms with Gasteiger partial charge in [0.05, 0.1) is 6.61 Å². The van der Waals surface area contributed by atoms with Gasteiger partial charge in [-0.2, -0.15) is 0 Å². The topological polar surface area (TPSA) is 26.3 Å². The van der Waals surface area contributed by atoms with Crippen molar-refractivity contribution < 1.29 is 9.53 Å². The third-order valence-electron chi connectivity index (χ3n) is 6.65. The molecule has 0 aliphatic heterocycles. The Kier molecular flexibility index (Phi) is 25.3. The summed E-state index contributed by atoms with van der Waals surface area (Å²) in [5.41, 5.74) is 0. The van der Waals surface area contributed by atoms with E-state index in [4.69, 9.17) is 4.74 Å². The second-order valence-electron chi connectivity index (χ2n) is 9.89. The van der Waals surface area contributed by atoms with Crippen molar-refractivity contribution in [2.45, 2.75) is 168 Å². The SMILES string of the molecule is CCCCCCCCCCCCCCC(CCCCC)COC(=O)CCCCCCC. The fraction of sp³-hybridized carbons (Fsp3) is 0.966. The summed E-state index contributed by atoms with van der Waals surface area (Å²) in [5, 5.41) is 0. The summed E-state index contributed by atoms with van der Waals surface area (Å²) >= 11 is 0. The fourth-order valence-corrected chi connectivity index (χ4v) is 4.42. The minimum Gasteiger partial charge on any atom is -0.465 e. The monoisotopic (exact) mass is 438 g/mol. The molecule has 0 bridgehead atoms. The van der Waals surface area contributed by atoms with Crippen LogP contribution >= 0.6 is 0 Å². The lowest BCUT2D eigenvalue weighted by molar-refractivity contribution is -0.145. The molecule has 0 aliphatic carbocycles. The van der Waals surface area contributed by atoms with Crippen molar-refractivity contribution in [3.63, 3.8) is 0 Å². The minimum atomic E-state index is 0.0340. The van der Waals surface area contributed by atoms with E-state index in [1.165, 1.54) is 135 Å². The molecule has 31 heavy (non-hydrogen) atoms. The van der Waals surface area contributed by atoms with Gasteiger partial charge in [0, 0.05) is 6.42 Å². The smallest absolute Gasteiger partial charge is 0.305 e. The predicted molar refractivity (Wildman–Crippen MR) is 138 cm³/mol. The lowest BCUT2D eigenvalue weighted by atomic mass is 9.95. The summed E-state index contributed by atoms with van der Waals surface area (Å²) in [6, 6.07) is 0. The van der Waals surface area contributed by atoms with E-state index < -0.39 is 0 Å². The number of carbonyl (C=O) groups is 1. The van der Waals surface area contributed by atoms with Gasteiger partial charge in [0.25, 0.3) is 0 Å². The van der Waals surface area contributed by atoms with Crippen LogP contribution in [-0.4, -0.2) is 12.6 Å². The highest BCUT2D eigenvalue weighted by Gasteiger charge is 2.12. The first-order chi connectivity index (χ1) is 15.2. The summed E-state index contributed by atoms with van der Waals surface area (Å²) < 4.78 is 5.66. The van der Waals surface area contributed by atoms with Crippen molar-refractivity contribution in [2.75, 3.05) is 6.61 Å².